The largest absolute Gasteiger partial charge is 0.379 e. The van der Waals surface area contributed by atoms with Crippen molar-refractivity contribution >= 4 is 11.8 Å². The SMILES string of the molecule is CC(CN1CCOCC1)NC(=O)C(NC(=O)c1c(F)cccc1F)C(C)C. The van der Waals surface area contributed by atoms with Gasteiger partial charge in [-0.15, -0.1) is 0 Å². The molecule has 1 saturated heterocycles. The molecule has 2 atom stereocenters. The number of hydrogen-bond acceptors (Lipinski definition) is 4. The first-order chi connectivity index (χ1) is 12.8. The third-order valence-electron chi connectivity index (χ3n) is 4.45. The number of halogens is 2. The minimum Gasteiger partial charge on any atom is -0.379 e. The maximum atomic E-state index is 13.8. The summed E-state index contributed by atoms with van der Waals surface area (Å²) in [5.41, 5.74) is -0.683. The lowest BCUT2D eigenvalue weighted by Gasteiger charge is -2.30. The molecule has 27 heavy (non-hydrogen) atoms. The first kappa shape index (κ1) is 21.2. The summed E-state index contributed by atoms with van der Waals surface area (Å²) < 4.78 is 32.9. The molecule has 6 nitrogen and oxygen atoms in total. The third kappa shape index (κ3) is 5.97. The lowest BCUT2D eigenvalue weighted by Crippen LogP contribution is -2.54. The quantitative estimate of drug-likeness (QED) is 0.750. The predicted octanol–water partition coefficient (Wildman–Crippen LogP) is 1.56. The van der Waals surface area contributed by atoms with Crippen LogP contribution in [0, 0.1) is 17.6 Å². The zero-order chi connectivity index (χ0) is 20.0. The summed E-state index contributed by atoms with van der Waals surface area (Å²) in [4.78, 5) is 27.1. The number of ether oxygens (including phenoxy) is 1. The summed E-state index contributed by atoms with van der Waals surface area (Å²) in [7, 11) is 0. The van der Waals surface area contributed by atoms with Crippen LogP contribution in [0.15, 0.2) is 18.2 Å². The molecule has 2 rings (SSSR count). The Labute approximate surface area is 158 Å². The lowest BCUT2D eigenvalue weighted by molar-refractivity contribution is -0.124. The zero-order valence-corrected chi connectivity index (χ0v) is 15.9. The lowest BCUT2D eigenvalue weighted by atomic mass is 10.0. The highest BCUT2D eigenvalue weighted by molar-refractivity contribution is 5.98. The molecule has 1 aromatic rings. The molecule has 0 saturated carbocycles. The van der Waals surface area contributed by atoms with Crippen LogP contribution in [0.25, 0.3) is 0 Å². The Hall–Kier alpha value is -2.06. The van der Waals surface area contributed by atoms with Crippen molar-refractivity contribution in [2.24, 2.45) is 5.92 Å². The van der Waals surface area contributed by atoms with Gasteiger partial charge in [-0.3, -0.25) is 14.5 Å². The Morgan fingerprint density at radius 2 is 1.70 bits per heavy atom. The van der Waals surface area contributed by atoms with Crippen molar-refractivity contribution < 1.29 is 23.1 Å². The van der Waals surface area contributed by atoms with E-state index in [9.17, 15) is 18.4 Å². The summed E-state index contributed by atoms with van der Waals surface area (Å²) >= 11 is 0. The second-order valence-corrected chi connectivity index (χ2v) is 7.11. The standard InChI is InChI=1S/C19H27F2N3O3/c1-12(2)17(23-18(25)16-14(20)5-4-6-15(16)21)19(26)22-13(3)11-24-7-9-27-10-8-24/h4-6,12-13,17H,7-11H2,1-3H3,(H,22,26)(H,23,25). The van der Waals surface area contributed by atoms with Crippen molar-refractivity contribution in [2.75, 3.05) is 32.8 Å². The van der Waals surface area contributed by atoms with E-state index in [0.29, 0.717) is 19.8 Å². The van der Waals surface area contributed by atoms with E-state index in [1.807, 2.05) is 6.92 Å². The van der Waals surface area contributed by atoms with Gasteiger partial charge in [0, 0.05) is 25.7 Å². The van der Waals surface area contributed by atoms with Crippen LogP contribution in [-0.4, -0.2) is 61.6 Å². The van der Waals surface area contributed by atoms with Crippen molar-refractivity contribution in [3.63, 3.8) is 0 Å². The molecule has 2 amide bonds. The molecular weight excluding hydrogens is 356 g/mol. The first-order valence-corrected chi connectivity index (χ1v) is 9.15. The van der Waals surface area contributed by atoms with Gasteiger partial charge in [-0.1, -0.05) is 19.9 Å². The van der Waals surface area contributed by atoms with Crippen LogP contribution in [0.5, 0.6) is 0 Å². The fraction of sp³-hybridized carbons (Fsp3) is 0.579. The van der Waals surface area contributed by atoms with Gasteiger partial charge in [0.25, 0.3) is 5.91 Å². The summed E-state index contributed by atoms with van der Waals surface area (Å²) in [5.74, 6) is -3.50. The second kappa shape index (κ2) is 9.75. The molecule has 1 aromatic carbocycles. The fourth-order valence-electron chi connectivity index (χ4n) is 3.01. The van der Waals surface area contributed by atoms with Crippen LogP contribution in [-0.2, 0) is 9.53 Å². The zero-order valence-electron chi connectivity index (χ0n) is 15.9. The molecule has 1 fully saturated rings. The minimum absolute atomic E-state index is 0.140. The Kier molecular flexibility index (Phi) is 7.67. The van der Waals surface area contributed by atoms with E-state index < -0.39 is 29.1 Å². The van der Waals surface area contributed by atoms with Gasteiger partial charge in [-0.05, 0) is 25.0 Å². The van der Waals surface area contributed by atoms with Gasteiger partial charge in [-0.25, -0.2) is 8.78 Å². The highest BCUT2D eigenvalue weighted by Gasteiger charge is 2.28. The van der Waals surface area contributed by atoms with Crippen LogP contribution in [0.3, 0.4) is 0 Å². The molecule has 1 aliphatic heterocycles. The van der Waals surface area contributed by atoms with Crippen molar-refractivity contribution in [2.45, 2.75) is 32.9 Å². The molecule has 8 heteroatoms. The Morgan fingerprint density at radius 3 is 2.26 bits per heavy atom. The van der Waals surface area contributed by atoms with E-state index in [1.165, 1.54) is 6.07 Å². The van der Waals surface area contributed by atoms with Crippen molar-refractivity contribution in [3.05, 3.63) is 35.4 Å². The van der Waals surface area contributed by atoms with Crippen LogP contribution in [0.4, 0.5) is 8.78 Å². The Bertz CT molecular complexity index is 643. The maximum Gasteiger partial charge on any atom is 0.257 e. The smallest absolute Gasteiger partial charge is 0.257 e. The van der Waals surface area contributed by atoms with Crippen molar-refractivity contribution in [1.29, 1.82) is 0 Å². The normalized spacial score (nSPS) is 17.4. The van der Waals surface area contributed by atoms with Gasteiger partial charge in [-0.2, -0.15) is 0 Å². The molecule has 0 aliphatic carbocycles. The topological polar surface area (TPSA) is 70.7 Å². The molecule has 0 spiro atoms. The van der Waals surface area contributed by atoms with E-state index in [0.717, 1.165) is 25.2 Å². The molecule has 0 aromatic heterocycles. The number of carbonyl (C=O) groups is 2. The van der Waals surface area contributed by atoms with Crippen molar-refractivity contribution in [1.82, 2.24) is 15.5 Å². The van der Waals surface area contributed by atoms with Gasteiger partial charge in [0.1, 0.15) is 23.2 Å². The van der Waals surface area contributed by atoms with Gasteiger partial charge in [0.05, 0.1) is 13.2 Å². The second-order valence-electron chi connectivity index (χ2n) is 7.11. The molecule has 0 bridgehead atoms. The number of nitrogens with zero attached hydrogens (tertiary/aromatic N) is 1. The Morgan fingerprint density at radius 1 is 1.11 bits per heavy atom. The van der Waals surface area contributed by atoms with Gasteiger partial charge < -0.3 is 15.4 Å². The Balaban J connectivity index is 1.99. The maximum absolute atomic E-state index is 13.8. The molecule has 1 heterocycles. The van der Waals surface area contributed by atoms with E-state index in [2.05, 4.69) is 15.5 Å². The summed E-state index contributed by atoms with van der Waals surface area (Å²) in [6.07, 6.45) is 0. The van der Waals surface area contributed by atoms with Gasteiger partial charge >= 0.3 is 0 Å². The van der Waals surface area contributed by atoms with Crippen LogP contribution < -0.4 is 10.6 Å². The van der Waals surface area contributed by atoms with Crippen molar-refractivity contribution in [3.8, 4) is 0 Å². The number of morpholine rings is 1. The summed E-state index contributed by atoms with van der Waals surface area (Å²) in [6, 6.07) is 2.16. The average molecular weight is 383 g/mol. The molecule has 0 radical (unpaired) electrons. The summed E-state index contributed by atoms with van der Waals surface area (Å²) in [6.45, 7) is 9.00. The monoisotopic (exact) mass is 383 g/mol. The van der Waals surface area contributed by atoms with Crippen LogP contribution in [0.2, 0.25) is 0 Å². The number of hydrogen-bond donors (Lipinski definition) is 2. The molecule has 150 valence electrons. The van der Waals surface area contributed by atoms with E-state index in [4.69, 9.17) is 4.74 Å². The predicted molar refractivity (Wildman–Crippen MR) is 97.3 cm³/mol. The number of amides is 2. The fourth-order valence-corrected chi connectivity index (χ4v) is 3.01. The van der Waals surface area contributed by atoms with E-state index in [1.54, 1.807) is 13.8 Å². The highest BCUT2D eigenvalue weighted by atomic mass is 19.1. The number of benzene rings is 1. The average Bonchev–Trinajstić information content (AvgIpc) is 2.59. The molecule has 2 N–H and O–H groups in total. The summed E-state index contributed by atoms with van der Waals surface area (Å²) in [5, 5.41) is 5.33. The minimum atomic E-state index is -0.962. The third-order valence-corrected chi connectivity index (χ3v) is 4.45. The number of nitrogens with one attached hydrogen (secondary N) is 2. The molecule has 1 aliphatic rings. The molecular formula is C19H27F2N3O3. The van der Waals surface area contributed by atoms with Crippen LogP contribution >= 0.6 is 0 Å². The number of rotatable bonds is 7. The van der Waals surface area contributed by atoms with E-state index in [-0.39, 0.29) is 17.9 Å². The van der Waals surface area contributed by atoms with E-state index >= 15 is 0 Å². The van der Waals surface area contributed by atoms with Gasteiger partial charge in [0.2, 0.25) is 5.91 Å². The first-order valence-electron chi connectivity index (χ1n) is 9.15. The van der Waals surface area contributed by atoms with Crippen LogP contribution in [0.1, 0.15) is 31.1 Å². The van der Waals surface area contributed by atoms with Gasteiger partial charge in [0.15, 0.2) is 0 Å². The molecule has 2 unspecified atom stereocenters. The number of carbonyl (C=O) groups excluding carboxylic acids is 2. The highest BCUT2D eigenvalue weighted by Crippen LogP contribution is 2.13.